The van der Waals surface area contributed by atoms with E-state index in [1.165, 1.54) is 48.2 Å². The molecule has 40 heavy (non-hydrogen) atoms. The van der Waals surface area contributed by atoms with Crippen molar-refractivity contribution in [3.63, 3.8) is 0 Å². The van der Waals surface area contributed by atoms with Crippen molar-refractivity contribution in [2.45, 2.75) is 23.4 Å². The molecule has 0 fully saturated rings. The molecule has 0 saturated carbocycles. The number of amides is 1. The van der Waals surface area contributed by atoms with Gasteiger partial charge < -0.3 is 5.32 Å². The number of rotatable bonds is 10. The number of nitro benzene ring substituents is 1. The fourth-order valence-corrected chi connectivity index (χ4v) is 5.10. The molecular formula is C30H24FN5O3S. The Labute approximate surface area is 234 Å². The van der Waals surface area contributed by atoms with Crippen LogP contribution in [0.15, 0.2) is 114 Å². The number of benzene rings is 4. The summed E-state index contributed by atoms with van der Waals surface area (Å²) in [5.74, 6) is 0.258. The molecule has 1 aromatic heterocycles. The number of aromatic nitrogens is 3. The molecule has 0 aliphatic heterocycles. The summed E-state index contributed by atoms with van der Waals surface area (Å²) in [7, 11) is 0. The summed E-state index contributed by atoms with van der Waals surface area (Å²) in [6.07, 6.45) is 0.405. The van der Waals surface area contributed by atoms with Crippen LogP contribution in [-0.2, 0) is 12.2 Å². The molecule has 1 N–H and O–H groups in total. The maximum Gasteiger partial charge on any atom is 0.269 e. The highest BCUT2D eigenvalue weighted by Gasteiger charge is 2.26. The van der Waals surface area contributed by atoms with Crippen molar-refractivity contribution in [3.05, 3.63) is 148 Å². The fourth-order valence-electron chi connectivity index (χ4n) is 4.19. The summed E-state index contributed by atoms with van der Waals surface area (Å²) in [5.41, 5.74) is 2.94. The highest BCUT2D eigenvalue weighted by atomic mass is 32.2. The molecule has 4 aromatic carbocycles. The van der Waals surface area contributed by atoms with E-state index in [1.807, 2.05) is 65.2 Å². The van der Waals surface area contributed by atoms with Crippen LogP contribution >= 0.6 is 11.8 Å². The van der Waals surface area contributed by atoms with Gasteiger partial charge in [0.15, 0.2) is 11.0 Å². The number of nitro groups is 1. The van der Waals surface area contributed by atoms with Crippen LogP contribution in [0.25, 0.3) is 5.69 Å². The Morgan fingerprint density at radius 2 is 1.50 bits per heavy atom. The molecule has 8 nitrogen and oxygen atoms in total. The fraction of sp³-hybridized carbons (Fsp3) is 0.100. The molecule has 1 unspecified atom stereocenters. The van der Waals surface area contributed by atoms with E-state index >= 15 is 0 Å². The van der Waals surface area contributed by atoms with Crippen LogP contribution < -0.4 is 5.32 Å². The topological polar surface area (TPSA) is 103 Å². The zero-order valence-corrected chi connectivity index (χ0v) is 22.0. The minimum absolute atomic E-state index is 0.0395. The quantitative estimate of drug-likeness (QED) is 0.123. The van der Waals surface area contributed by atoms with E-state index in [-0.39, 0.29) is 5.69 Å². The molecular weight excluding hydrogens is 529 g/mol. The van der Waals surface area contributed by atoms with Gasteiger partial charge in [0.05, 0.1) is 11.0 Å². The van der Waals surface area contributed by atoms with Crippen LogP contribution in [0.3, 0.4) is 0 Å². The molecule has 0 aliphatic carbocycles. The van der Waals surface area contributed by atoms with Crippen LogP contribution in [0.5, 0.6) is 0 Å². The normalized spacial score (nSPS) is 11.6. The van der Waals surface area contributed by atoms with Gasteiger partial charge in [-0.1, -0.05) is 72.4 Å². The average Bonchev–Trinajstić information content (AvgIpc) is 3.41. The van der Waals surface area contributed by atoms with E-state index in [2.05, 4.69) is 15.5 Å². The van der Waals surface area contributed by atoms with Crippen molar-refractivity contribution in [2.75, 3.05) is 0 Å². The van der Waals surface area contributed by atoms with Crippen molar-refractivity contribution in [2.24, 2.45) is 0 Å². The van der Waals surface area contributed by atoms with Gasteiger partial charge in [-0.15, -0.1) is 10.2 Å². The van der Waals surface area contributed by atoms with E-state index in [4.69, 9.17) is 0 Å². The summed E-state index contributed by atoms with van der Waals surface area (Å²) >= 11 is 1.47. The summed E-state index contributed by atoms with van der Waals surface area (Å²) in [6.45, 7) is 0. The van der Waals surface area contributed by atoms with Crippen molar-refractivity contribution in [1.82, 2.24) is 20.1 Å². The molecule has 5 aromatic rings. The number of halogens is 1. The molecule has 5 rings (SSSR count). The maximum absolute atomic E-state index is 13.5. The number of hydrogen-bond acceptors (Lipinski definition) is 6. The Balaban J connectivity index is 1.55. The number of hydrogen-bond donors (Lipinski definition) is 1. The highest BCUT2D eigenvalue weighted by molar-refractivity contribution is 7.98. The third-order valence-electron chi connectivity index (χ3n) is 6.19. The first-order valence-corrected chi connectivity index (χ1v) is 13.4. The molecule has 1 amide bonds. The first kappa shape index (κ1) is 26.8. The summed E-state index contributed by atoms with van der Waals surface area (Å²) in [4.78, 5) is 24.1. The maximum atomic E-state index is 13.5. The Morgan fingerprint density at radius 1 is 0.875 bits per heavy atom. The number of nitrogens with one attached hydrogen (secondary N) is 1. The Bertz CT molecular complexity index is 1590. The van der Waals surface area contributed by atoms with Crippen molar-refractivity contribution in [3.8, 4) is 5.69 Å². The van der Waals surface area contributed by atoms with Crippen molar-refractivity contribution in [1.29, 1.82) is 0 Å². The molecule has 200 valence electrons. The standard InChI is InChI=1S/C30H24FN5O3S/c31-24-13-11-23(12-14-24)29(37)32-27(19-21-7-3-1-4-8-21)28-33-34-30(40-20-22-9-5-2-6-10-22)35(28)25-15-17-26(18-16-25)36(38)39/h1-18,27H,19-20H2,(H,32,37). The molecule has 0 aliphatic rings. The predicted molar refractivity (Wildman–Crippen MR) is 151 cm³/mol. The van der Waals surface area contributed by atoms with Gasteiger partial charge in [0.25, 0.3) is 11.6 Å². The minimum Gasteiger partial charge on any atom is -0.342 e. The Hall–Kier alpha value is -4.83. The lowest BCUT2D eigenvalue weighted by molar-refractivity contribution is -0.384. The second-order valence-electron chi connectivity index (χ2n) is 8.95. The second-order valence-corrected chi connectivity index (χ2v) is 9.89. The smallest absolute Gasteiger partial charge is 0.269 e. The van der Waals surface area contributed by atoms with E-state index < -0.39 is 22.7 Å². The van der Waals surface area contributed by atoms with E-state index in [1.54, 1.807) is 12.1 Å². The van der Waals surface area contributed by atoms with Crippen LogP contribution in [-0.4, -0.2) is 25.6 Å². The minimum atomic E-state index is -0.617. The number of nitrogens with zero attached hydrogens (tertiary/aromatic N) is 4. The third-order valence-corrected chi connectivity index (χ3v) is 7.19. The SMILES string of the molecule is O=C(NC(Cc1ccccc1)c1nnc(SCc2ccccc2)n1-c1ccc([N+](=O)[O-])cc1)c1ccc(F)cc1. The first-order valence-electron chi connectivity index (χ1n) is 12.4. The first-order chi connectivity index (χ1) is 19.5. The third kappa shape index (κ3) is 6.41. The molecule has 1 atom stereocenters. The predicted octanol–water partition coefficient (Wildman–Crippen LogP) is 6.32. The average molecular weight is 554 g/mol. The lowest BCUT2D eigenvalue weighted by Crippen LogP contribution is -2.32. The Kier molecular flexibility index (Phi) is 8.26. The zero-order chi connectivity index (χ0) is 27.9. The summed E-state index contributed by atoms with van der Waals surface area (Å²) in [6, 6.07) is 30.4. The van der Waals surface area contributed by atoms with Gasteiger partial charge in [-0.05, 0) is 53.9 Å². The van der Waals surface area contributed by atoms with Crippen LogP contribution in [0, 0.1) is 15.9 Å². The highest BCUT2D eigenvalue weighted by Crippen LogP contribution is 2.30. The number of non-ortho nitro benzene ring substituents is 1. The molecule has 0 spiro atoms. The second kappa shape index (κ2) is 12.4. The van der Waals surface area contributed by atoms with E-state index in [9.17, 15) is 19.3 Å². The van der Waals surface area contributed by atoms with Gasteiger partial charge >= 0.3 is 0 Å². The molecule has 0 saturated heterocycles. The largest absolute Gasteiger partial charge is 0.342 e. The van der Waals surface area contributed by atoms with Gasteiger partial charge in [0.1, 0.15) is 5.82 Å². The van der Waals surface area contributed by atoms with Crippen LogP contribution in [0.4, 0.5) is 10.1 Å². The number of thioether (sulfide) groups is 1. The summed E-state index contributed by atoms with van der Waals surface area (Å²) in [5, 5.41) is 23.9. The lowest BCUT2D eigenvalue weighted by Gasteiger charge is -2.20. The molecule has 0 bridgehead atoms. The van der Waals surface area contributed by atoms with Crippen LogP contribution in [0.2, 0.25) is 0 Å². The van der Waals surface area contributed by atoms with Gasteiger partial charge in [-0.2, -0.15) is 0 Å². The van der Waals surface area contributed by atoms with Crippen LogP contribution in [0.1, 0.15) is 33.4 Å². The van der Waals surface area contributed by atoms with E-state index in [0.717, 1.165) is 11.1 Å². The van der Waals surface area contributed by atoms with Gasteiger partial charge in [-0.25, -0.2) is 4.39 Å². The van der Waals surface area contributed by atoms with Crippen molar-refractivity contribution >= 4 is 23.4 Å². The molecule has 1 heterocycles. The number of carbonyl (C=O) groups is 1. The molecule has 10 heteroatoms. The van der Waals surface area contributed by atoms with Gasteiger partial charge in [0, 0.05) is 29.1 Å². The Morgan fingerprint density at radius 3 is 2.12 bits per heavy atom. The van der Waals surface area contributed by atoms with Crippen molar-refractivity contribution < 1.29 is 14.1 Å². The van der Waals surface area contributed by atoms with Gasteiger partial charge in [-0.3, -0.25) is 19.5 Å². The zero-order valence-electron chi connectivity index (χ0n) is 21.2. The van der Waals surface area contributed by atoms with Gasteiger partial charge in [0.2, 0.25) is 0 Å². The lowest BCUT2D eigenvalue weighted by atomic mass is 10.0. The monoisotopic (exact) mass is 553 g/mol. The summed E-state index contributed by atoms with van der Waals surface area (Å²) < 4.78 is 15.3. The number of carbonyl (C=O) groups excluding carboxylic acids is 1. The van der Waals surface area contributed by atoms with E-state index in [0.29, 0.717) is 34.4 Å². The molecule has 0 radical (unpaired) electrons.